The molecule has 224 valence electrons. The number of nitrogens with zero attached hydrogens (tertiary/aromatic N) is 2. The van der Waals surface area contributed by atoms with E-state index in [1.54, 1.807) is 19.1 Å². The molecule has 0 aliphatic rings. The van der Waals surface area contributed by atoms with Crippen molar-refractivity contribution >= 4 is 23.3 Å². The van der Waals surface area contributed by atoms with Crippen molar-refractivity contribution in [2.45, 2.75) is 58.0 Å². The van der Waals surface area contributed by atoms with E-state index in [0.717, 1.165) is 35.4 Å². The fourth-order valence-electron chi connectivity index (χ4n) is 3.80. The van der Waals surface area contributed by atoms with Gasteiger partial charge >= 0.3 is 18.3 Å². The fraction of sp³-hybridized carbons (Fsp3) is 0.300. The minimum Gasteiger partial charge on any atom is -0.478 e. The maximum Gasteiger partial charge on any atom is 0.416 e. The van der Waals surface area contributed by atoms with Crippen LogP contribution in [0.3, 0.4) is 0 Å². The van der Waals surface area contributed by atoms with Gasteiger partial charge in [0.05, 0.1) is 16.8 Å². The van der Waals surface area contributed by atoms with Crippen LogP contribution in [0.2, 0.25) is 0 Å². The lowest BCUT2D eigenvalue weighted by molar-refractivity contribution is -0.152. The van der Waals surface area contributed by atoms with Gasteiger partial charge in [0.2, 0.25) is 0 Å². The fourth-order valence-corrected chi connectivity index (χ4v) is 3.80. The van der Waals surface area contributed by atoms with E-state index in [9.17, 15) is 36.2 Å². The van der Waals surface area contributed by atoms with Crippen LogP contribution in [-0.2, 0) is 23.6 Å². The van der Waals surface area contributed by atoms with Gasteiger partial charge in [-0.25, -0.2) is 14.8 Å². The van der Waals surface area contributed by atoms with Crippen LogP contribution in [0.5, 0.6) is 5.75 Å². The number of carboxylic acids is 1. The number of hydrogen-bond donors (Lipinski definition) is 2. The molecule has 3 rings (SSSR count). The molecular weight excluding hydrogens is 564 g/mol. The first-order chi connectivity index (χ1) is 19.5. The number of amidine groups is 2. The molecule has 0 saturated carbocycles. The van der Waals surface area contributed by atoms with Crippen LogP contribution in [0.15, 0.2) is 76.7 Å². The van der Waals surface area contributed by atoms with Crippen LogP contribution in [0.25, 0.3) is 0 Å². The summed E-state index contributed by atoms with van der Waals surface area (Å²) < 4.78 is 83.3. The average molecular weight is 594 g/mol. The number of aliphatic imine (C=N–C) groups is 2. The molecule has 3 aromatic rings. The number of hydrogen-bond acceptors (Lipinski definition) is 3. The molecule has 0 fully saturated rings. The molecular formula is C30H29F6N3O3. The first kappa shape index (κ1) is 32.2. The lowest BCUT2D eigenvalue weighted by Crippen LogP contribution is -2.38. The van der Waals surface area contributed by atoms with Crippen molar-refractivity contribution < 1.29 is 41.0 Å². The van der Waals surface area contributed by atoms with Crippen molar-refractivity contribution in [3.8, 4) is 5.75 Å². The Morgan fingerprint density at radius 3 is 1.93 bits per heavy atom. The van der Waals surface area contributed by atoms with Crippen molar-refractivity contribution in [3.05, 3.63) is 94.5 Å². The van der Waals surface area contributed by atoms with E-state index >= 15 is 0 Å². The monoisotopic (exact) mass is 593 g/mol. The van der Waals surface area contributed by atoms with Gasteiger partial charge < -0.3 is 15.6 Å². The summed E-state index contributed by atoms with van der Waals surface area (Å²) in [6.07, 6.45) is -7.77. The van der Waals surface area contributed by atoms with Crippen molar-refractivity contribution in [2.24, 2.45) is 15.7 Å². The number of alkyl halides is 6. The second kappa shape index (κ2) is 12.7. The van der Waals surface area contributed by atoms with Gasteiger partial charge in [-0.1, -0.05) is 24.3 Å². The molecule has 0 unspecified atom stereocenters. The molecule has 0 spiro atoms. The van der Waals surface area contributed by atoms with Crippen molar-refractivity contribution in [2.75, 3.05) is 0 Å². The van der Waals surface area contributed by atoms with Crippen molar-refractivity contribution in [1.82, 2.24) is 0 Å². The van der Waals surface area contributed by atoms with E-state index in [1.807, 2.05) is 6.07 Å². The van der Waals surface area contributed by atoms with E-state index < -0.39 is 35.0 Å². The molecule has 0 saturated heterocycles. The number of halogens is 6. The Morgan fingerprint density at radius 2 is 1.43 bits per heavy atom. The second-order valence-corrected chi connectivity index (χ2v) is 10.0. The third-order valence-electron chi connectivity index (χ3n) is 6.20. The smallest absolute Gasteiger partial charge is 0.416 e. The minimum absolute atomic E-state index is 0.104. The van der Waals surface area contributed by atoms with E-state index in [4.69, 9.17) is 10.5 Å². The number of benzene rings is 3. The molecule has 0 heterocycles. The Labute approximate surface area is 238 Å². The molecule has 3 aromatic carbocycles. The lowest BCUT2D eigenvalue weighted by atomic mass is 10.0. The van der Waals surface area contributed by atoms with Gasteiger partial charge in [0.1, 0.15) is 17.4 Å². The molecule has 0 aromatic heterocycles. The molecule has 0 aliphatic carbocycles. The third kappa shape index (κ3) is 8.82. The summed E-state index contributed by atoms with van der Waals surface area (Å²) in [5, 5.41) is 9.30. The average Bonchev–Trinajstić information content (AvgIpc) is 2.89. The molecule has 6 nitrogen and oxygen atoms in total. The van der Waals surface area contributed by atoms with Gasteiger partial charge in [0.25, 0.3) is 0 Å². The molecule has 12 heteroatoms. The zero-order valence-electron chi connectivity index (χ0n) is 23.0. The Morgan fingerprint density at radius 1 is 0.881 bits per heavy atom. The number of ether oxygens (including phenoxy) is 1. The number of rotatable bonds is 9. The number of carboxylic acid groups (broad SMARTS) is 1. The quantitative estimate of drug-likeness (QED) is 0.151. The van der Waals surface area contributed by atoms with Gasteiger partial charge in [0, 0.05) is 12.0 Å². The highest BCUT2D eigenvalue weighted by Crippen LogP contribution is 2.31. The third-order valence-corrected chi connectivity index (χ3v) is 6.20. The zero-order valence-corrected chi connectivity index (χ0v) is 23.0. The molecule has 0 atom stereocenters. The molecule has 42 heavy (non-hydrogen) atoms. The van der Waals surface area contributed by atoms with Gasteiger partial charge in [-0.3, -0.25) is 0 Å². The van der Waals surface area contributed by atoms with E-state index in [0.29, 0.717) is 18.6 Å². The summed E-state index contributed by atoms with van der Waals surface area (Å²) in [6, 6.07) is 13.6. The SMILES string of the molecule is Cc1cc(CCCC(=Nc2ccc(C(F)(F)F)cc2)N=C(N)c2ccc(C(F)(F)F)cc2)ccc1OC(C)(C)C(=O)O. The van der Waals surface area contributed by atoms with E-state index in [-0.39, 0.29) is 29.3 Å². The largest absolute Gasteiger partial charge is 0.478 e. The Hall–Kier alpha value is -4.35. The van der Waals surface area contributed by atoms with Crippen LogP contribution < -0.4 is 10.5 Å². The Balaban J connectivity index is 1.82. The minimum atomic E-state index is -4.52. The summed E-state index contributed by atoms with van der Waals surface area (Å²) in [6.45, 7) is 4.66. The van der Waals surface area contributed by atoms with Crippen LogP contribution >= 0.6 is 0 Å². The second-order valence-electron chi connectivity index (χ2n) is 10.0. The van der Waals surface area contributed by atoms with Gasteiger partial charge in [-0.15, -0.1) is 0 Å². The highest BCUT2D eigenvalue weighted by Gasteiger charge is 2.31. The summed E-state index contributed by atoms with van der Waals surface area (Å²) in [5.74, 6) is -0.619. The number of nitrogens with two attached hydrogens (primary N) is 1. The van der Waals surface area contributed by atoms with Crippen LogP contribution in [0.4, 0.5) is 32.0 Å². The van der Waals surface area contributed by atoms with Crippen molar-refractivity contribution in [3.63, 3.8) is 0 Å². The number of carbonyl (C=O) groups is 1. The predicted octanol–water partition coefficient (Wildman–Crippen LogP) is 7.73. The maximum absolute atomic E-state index is 13.0. The first-order valence-corrected chi connectivity index (χ1v) is 12.7. The Kier molecular flexibility index (Phi) is 9.70. The Bertz CT molecular complexity index is 1460. The molecule has 0 bridgehead atoms. The molecule has 3 N–H and O–H groups in total. The molecule has 0 radical (unpaired) electrons. The first-order valence-electron chi connectivity index (χ1n) is 12.7. The topological polar surface area (TPSA) is 97.3 Å². The highest BCUT2D eigenvalue weighted by atomic mass is 19.4. The highest BCUT2D eigenvalue weighted by molar-refractivity contribution is 6.05. The molecule has 0 amide bonds. The standard InChI is InChI=1S/C30H29F6N3O3/c1-18-17-19(7-16-24(18)42-28(2,3)27(40)41)5-4-6-25(38-23-14-12-22(13-15-23)30(34,35)36)39-26(37)20-8-10-21(11-9-20)29(31,32)33/h7-17H,4-6H2,1-3H3,(H,40,41)(H2,37,38,39). The van der Waals surface area contributed by atoms with Gasteiger partial charge in [-0.05, 0) is 87.2 Å². The zero-order chi connectivity index (χ0) is 31.3. The summed E-state index contributed by atoms with van der Waals surface area (Å²) in [7, 11) is 0. The lowest BCUT2D eigenvalue weighted by Gasteiger charge is -2.23. The maximum atomic E-state index is 13.0. The van der Waals surface area contributed by atoms with Crippen LogP contribution in [0, 0.1) is 6.92 Å². The van der Waals surface area contributed by atoms with Crippen LogP contribution in [0.1, 0.15) is 54.5 Å². The van der Waals surface area contributed by atoms with Crippen molar-refractivity contribution in [1.29, 1.82) is 0 Å². The van der Waals surface area contributed by atoms with Gasteiger partial charge in [-0.2, -0.15) is 26.3 Å². The van der Waals surface area contributed by atoms with E-state index in [2.05, 4.69) is 9.98 Å². The number of aryl methyl sites for hydroxylation is 2. The number of aliphatic carboxylic acids is 1. The van der Waals surface area contributed by atoms with E-state index in [1.165, 1.54) is 38.1 Å². The van der Waals surface area contributed by atoms with Gasteiger partial charge in [0.15, 0.2) is 5.60 Å². The summed E-state index contributed by atoms with van der Waals surface area (Å²) in [4.78, 5) is 20.0. The van der Waals surface area contributed by atoms with Crippen LogP contribution in [-0.4, -0.2) is 28.3 Å². The normalized spacial score (nSPS) is 13.3. The summed E-state index contributed by atoms with van der Waals surface area (Å²) >= 11 is 0. The predicted molar refractivity (Wildman–Crippen MR) is 147 cm³/mol. The molecule has 0 aliphatic heterocycles. The summed E-state index contributed by atoms with van der Waals surface area (Å²) in [5.41, 5.74) is 5.00.